The van der Waals surface area contributed by atoms with E-state index in [0.29, 0.717) is 49.9 Å². The van der Waals surface area contributed by atoms with Crippen LogP contribution >= 0.6 is 0 Å². The number of hydrogen-bond acceptors (Lipinski definition) is 7. The smallest absolute Gasteiger partial charge is 0.410 e. The number of hydrogen-bond donors (Lipinski definition) is 1. The maximum Gasteiger partial charge on any atom is 0.410 e. The lowest BCUT2D eigenvalue weighted by Crippen LogP contribution is -2.35. The van der Waals surface area contributed by atoms with Gasteiger partial charge < -0.3 is 24.8 Å². The molecule has 2 amide bonds. The highest BCUT2D eigenvalue weighted by Crippen LogP contribution is 2.27. The van der Waals surface area contributed by atoms with Crippen LogP contribution in [0.25, 0.3) is 0 Å². The van der Waals surface area contributed by atoms with Crippen LogP contribution in [0, 0.1) is 0 Å². The Balaban J connectivity index is 1.75. The monoisotopic (exact) mass is 454 g/mol. The van der Waals surface area contributed by atoms with Crippen molar-refractivity contribution in [2.75, 3.05) is 55.4 Å². The molecule has 0 saturated heterocycles. The Morgan fingerprint density at radius 2 is 2.03 bits per heavy atom. The molecule has 0 radical (unpaired) electrons. The van der Waals surface area contributed by atoms with Gasteiger partial charge in [-0.3, -0.25) is 4.79 Å². The van der Waals surface area contributed by atoms with E-state index in [0.717, 1.165) is 11.3 Å². The number of nitrogens with zero attached hydrogens (tertiary/aromatic N) is 5. The van der Waals surface area contributed by atoms with Crippen LogP contribution in [0.5, 0.6) is 0 Å². The molecule has 3 rings (SSSR count). The van der Waals surface area contributed by atoms with E-state index in [-0.39, 0.29) is 12.0 Å². The van der Waals surface area contributed by atoms with Gasteiger partial charge in [0.25, 0.3) is 5.91 Å². The Morgan fingerprint density at radius 3 is 2.73 bits per heavy atom. The molecule has 0 atom stereocenters. The standard InChI is InChI=1S/C24H34N6O3/c1-7-25-22-26-16-19-20(27-22)28(5)13-14-30(21(19)31)18-10-8-9-17(15-18)11-12-29(6)23(32)33-24(2,3)4/h8-10,15-16H,7,11-14H2,1-6H3,(H,25,26,27). The van der Waals surface area contributed by atoms with Crippen LogP contribution in [0.1, 0.15) is 43.6 Å². The molecule has 9 heteroatoms. The lowest BCUT2D eigenvalue weighted by atomic mass is 10.1. The number of nitrogens with one attached hydrogen (secondary N) is 1. The number of amides is 2. The van der Waals surface area contributed by atoms with Crippen molar-refractivity contribution in [1.82, 2.24) is 14.9 Å². The summed E-state index contributed by atoms with van der Waals surface area (Å²) in [6.07, 6.45) is 1.90. The maximum atomic E-state index is 13.4. The fraction of sp³-hybridized carbons (Fsp3) is 0.500. The minimum Gasteiger partial charge on any atom is -0.444 e. The number of anilines is 3. The lowest BCUT2D eigenvalue weighted by molar-refractivity contribution is 0.0300. The summed E-state index contributed by atoms with van der Waals surface area (Å²) >= 11 is 0. The predicted molar refractivity (Wildman–Crippen MR) is 130 cm³/mol. The third-order valence-corrected chi connectivity index (χ3v) is 5.26. The van der Waals surface area contributed by atoms with Crippen molar-refractivity contribution in [2.24, 2.45) is 0 Å². The first-order chi connectivity index (χ1) is 15.6. The molecule has 1 aromatic heterocycles. The Kier molecular flexibility index (Phi) is 7.40. The average Bonchev–Trinajstić information content (AvgIpc) is 2.88. The van der Waals surface area contributed by atoms with Gasteiger partial charge in [0.2, 0.25) is 5.95 Å². The van der Waals surface area contributed by atoms with Crippen LogP contribution < -0.4 is 15.1 Å². The van der Waals surface area contributed by atoms with Crippen LogP contribution in [0.2, 0.25) is 0 Å². The van der Waals surface area contributed by atoms with Gasteiger partial charge >= 0.3 is 6.09 Å². The maximum absolute atomic E-state index is 13.4. The van der Waals surface area contributed by atoms with Crippen LogP contribution in [-0.2, 0) is 11.2 Å². The highest BCUT2D eigenvalue weighted by Gasteiger charge is 2.28. The zero-order valence-electron chi connectivity index (χ0n) is 20.4. The van der Waals surface area contributed by atoms with Gasteiger partial charge in [-0.1, -0.05) is 12.1 Å². The van der Waals surface area contributed by atoms with E-state index in [1.165, 1.54) is 0 Å². The first-order valence-corrected chi connectivity index (χ1v) is 11.3. The SMILES string of the molecule is CCNc1ncc2c(n1)N(C)CCN(c1cccc(CCN(C)C(=O)OC(C)(C)C)c1)C2=O. The molecule has 0 aliphatic carbocycles. The zero-order valence-corrected chi connectivity index (χ0v) is 20.4. The summed E-state index contributed by atoms with van der Waals surface area (Å²) in [5, 5.41) is 3.10. The molecular formula is C24H34N6O3. The van der Waals surface area contributed by atoms with E-state index in [4.69, 9.17) is 4.74 Å². The molecule has 1 aliphatic heterocycles. The zero-order chi connectivity index (χ0) is 24.2. The van der Waals surface area contributed by atoms with E-state index < -0.39 is 5.60 Å². The molecule has 1 N–H and O–H groups in total. The molecule has 178 valence electrons. The van der Waals surface area contributed by atoms with Gasteiger partial charge in [0, 0.05) is 52.2 Å². The highest BCUT2D eigenvalue weighted by molar-refractivity contribution is 6.09. The number of fused-ring (bicyclic) bond motifs is 1. The van der Waals surface area contributed by atoms with E-state index in [1.54, 1.807) is 23.0 Å². The second kappa shape index (κ2) is 10.1. The van der Waals surface area contributed by atoms with Crippen molar-refractivity contribution in [3.8, 4) is 0 Å². The van der Waals surface area contributed by atoms with E-state index in [1.807, 2.05) is 63.9 Å². The van der Waals surface area contributed by atoms with Crippen molar-refractivity contribution < 1.29 is 14.3 Å². The summed E-state index contributed by atoms with van der Waals surface area (Å²) in [6, 6.07) is 7.86. The van der Waals surface area contributed by atoms with Crippen molar-refractivity contribution in [1.29, 1.82) is 0 Å². The first kappa shape index (κ1) is 24.3. The number of rotatable bonds is 6. The number of carbonyl (C=O) groups is 2. The van der Waals surface area contributed by atoms with Crippen molar-refractivity contribution >= 4 is 29.5 Å². The fourth-order valence-electron chi connectivity index (χ4n) is 3.51. The molecule has 9 nitrogen and oxygen atoms in total. The average molecular weight is 455 g/mol. The third-order valence-electron chi connectivity index (χ3n) is 5.26. The van der Waals surface area contributed by atoms with E-state index in [9.17, 15) is 9.59 Å². The van der Waals surface area contributed by atoms with Crippen LogP contribution in [0.4, 0.5) is 22.2 Å². The second-order valence-corrected chi connectivity index (χ2v) is 9.16. The summed E-state index contributed by atoms with van der Waals surface area (Å²) < 4.78 is 5.41. The number of benzene rings is 1. The molecule has 1 aliphatic rings. The topological polar surface area (TPSA) is 90.9 Å². The summed E-state index contributed by atoms with van der Waals surface area (Å²) in [4.78, 5) is 39.7. The van der Waals surface area contributed by atoms with Gasteiger partial charge in [-0.2, -0.15) is 4.98 Å². The van der Waals surface area contributed by atoms with Crippen molar-refractivity contribution in [3.05, 3.63) is 41.6 Å². The molecule has 33 heavy (non-hydrogen) atoms. The summed E-state index contributed by atoms with van der Waals surface area (Å²) in [6.45, 7) is 9.92. The van der Waals surface area contributed by atoms with Gasteiger partial charge in [-0.05, 0) is 51.8 Å². The summed E-state index contributed by atoms with van der Waals surface area (Å²) in [5.74, 6) is 1.02. The molecule has 0 saturated carbocycles. The number of ether oxygens (including phenoxy) is 1. The number of carbonyl (C=O) groups excluding carboxylic acids is 2. The van der Waals surface area contributed by atoms with Gasteiger partial charge in [0.15, 0.2) is 0 Å². The summed E-state index contributed by atoms with van der Waals surface area (Å²) in [5.41, 5.74) is 1.80. The van der Waals surface area contributed by atoms with Crippen molar-refractivity contribution in [3.63, 3.8) is 0 Å². The molecule has 0 spiro atoms. The first-order valence-electron chi connectivity index (χ1n) is 11.3. The highest BCUT2D eigenvalue weighted by atomic mass is 16.6. The Morgan fingerprint density at radius 1 is 1.27 bits per heavy atom. The molecule has 0 bridgehead atoms. The lowest BCUT2D eigenvalue weighted by Gasteiger charge is -2.25. The normalized spacial score (nSPS) is 13.9. The van der Waals surface area contributed by atoms with E-state index >= 15 is 0 Å². The molecule has 2 heterocycles. The summed E-state index contributed by atoms with van der Waals surface area (Å²) in [7, 11) is 3.66. The predicted octanol–water partition coefficient (Wildman–Crippen LogP) is 3.41. The number of aromatic nitrogens is 2. The van der Waals surface area contributed by atoms with Gasteiger partial charge in [0.1, 0.15) is 17.0 Å². The molecule has 0 fully saturated rings. The van der Waals surface area contributed by atoms with Gasteiger partial charge in [0.05, 0.1) is 0 Å². The van der Waals surface area contributed by atoms with Crippen molar-refractivity contribution in [2.45, 2.75) is 39.7 Å². The Labute approximate surface area is 195 Å². The minimum atomic E-state index is -0.529. The quantitative estimate of drug-likeness (QED) is 0.715. The molecule has 0 unspecified atom stereocenters. The second-order valence-electron chi connectivity index (χ2n) is 9.16. The third kappa shape index (κ3) is 6.12. The Hall–Kier alpha value is -3.36. The van der Waals surface area contributed by atoms with Crippen LogP contribution in [-0.4, -0.2) is 72.7 Å². The molecule has 2 aromatic rings. The van der Waals surface area contributed by atoms with Gasteiger partial charge in [-0.15, -0.1) is 0 Å². The molecule has 1 aromatic carbocycles. The minimum absolute atomic E-state index is 0.125. The number of likely N-dealkylation sites (N-methyl/N-ethyl adjacent to an activating group) is 2. The van der Waals surface area contributed by atoms with Crippen LogP contribution in [0.15, 0.2) is 30.5 Å². The van der Waals surface area contributed by atoms with Crippen LogP contribution in [0.3, 0.4) is 0 Å². The van der Waals surface area contributed by atoms with Gasteiger partial charge in [-0.25, -0.2) is 9.78 Å². The fourth-order valence-corrected chi connectivity index (χ4v) is 3.51. The van der Waals surface area contributed by atoms with E-state index in [2.05, 4.69) is 15.3 Å². The Bertz CT molecular complexity index is 1000. The largest absolute Gasteiger partial charge is 0.444 e. The molecular weight excluding hydrogens is 420 g/mol.